The molecule has 0 aromatic heterocycles. The predicted molar refractivity (Wildman–Crippen MR) is 66.2 cm³/mol. The van der Waals surface area contributed by atoms with Gasteiger partial charge in [0, 0.05) is 17.5 Å². The number of hydrogen-bond donors (Lipinski definition) is 2. The van der Waals surface area contributed by atoms with E-state index in [4.69, 9.17) is 10.8 Å². The molecule has 0 saturated carbocycles. The highest BCUT2D eigenvalue weighted by Gasteiger charge is 1.93. The van der Waals surface area contributed by atoms with E-state index >= 15 is 0 Å². The topological polar surface area (TPSA) is 58.6 Å². The zero-order chi connectivity index (χ0) is 11.4. The van der Waals surface area contributed by atoms with Crippen LogP contribution in [0.4, 0.5) is 11.4 Å². The minimum Gasteiger partial charge on any atom is -0.508 e. The molecule has 0 bridgehead atoms. The second-order valence-electron chi connectivity index (χ2n) is 3.40. The number of para-hydroxylation sites is 1. The third-order valence-corrected chi connectivity index (χ3v) is 2.20. The molecule has 2 aromatic carbocycles. The maximum absolute atomic E-state index is 9.11. The summed E-state index contributed by atoms with van der Waals surface area (Å²) in [5.74, 6) is 0.234. The standard InChI is InChI=1S/C13H12N2O/c14-13-4-2-1-3-10(13)9-15-11-5-7-12(16)8-6-11/h1-9,16H,14H2/b15-9+. The number of rotatable bonds is 2. The molecule has 3 heteroatoms. The molecule has 0 aliphatic rings. The van der Waals surface area contributed by atoms with Gasteiger partial charge in [-0.15, -0.1) is 0 Å². The Hall–Kier alpha value is -2.29. The summed E-state index contributed by atoms with van der Waals surface area (Å²) in [6, 6.07) is 14.2. The summed E-state index contributed by atoms with van der Waals surface area (Å²) in [4.78, 5) is 4.26. The molecule has 0 unspecified atom stereocenters. The van der Waals surface area contributed by atoms with Crippen molar-refractivity contribution in [2.75, 3.05) is 5.73 Å². The molecule has 0 heterocycles. The van der Waals surface area contributed by atoms with Crippen LogP contribution in [-0.4, -0.2) is 11.3 Å². The Morgan fingerprint density at radius 3 is 2.38 bits per heavy atom. The maximum atomic E-state index is 9.11. The zero-order valence-corrected chi connectivity index (χ0v) is 8.67. The fourth-order valence-electron chi connectivity index (χ4n) is 1.31. The third-order valence-electron chi connectivity index (χ3n) is 2.20. The molecular formula is C13H12N2O. The second-order valence-corrected chi connectivity index (χ2v) is 3.40. The van der Waals surface area contributed by atoms with Gasteiger partial charge in [-0.3, -0.25) is 4.99 Å². The first-order valence-electron chi connectivity index (χ1n) is 4.93. The SMILES string of the molecule is Nc1ccccc1/C=N/c1ccc(O)cc1. The zero-order valence-electron chi connectivity index (χ0n) is 8.67. The van der Waals surface area contributed by atoms with E-state index in [1.54, 1.807) is 30.5 Å². The van der Waals surface area contributed by atoms with E-state index in [1.807, 2.05) is 24.3 Å². The van der Waals surface area contributed by atoms with Crippen molar-refractivity contribution in [3.8, 4) is 5.75 Å². The summed E-state index contributed by atoms with van der Waals surface area (Å²) >= 11 is 0. The van der Waals surface area contributed by atoms with Crippen LogP contribution in [0, 0.1) is 0 Å². The van der Waals surface area contributed by atoms with Crippen molar-refractivity contribution in [2.45, 2.75) is 0 Å². The Kier molecular flexibility index (Phi) is 2.87. The van der Waals surface area contributed by atoms with Crippen molar-refractivity contribution < 1.29 is 5.11 Å². The average molecular weight is 212 g/mol. The highest BCUT2D eigenvalue weighted by Crippen LogP contribution is 2.17. The Balaban J connectivity index is 2.21. The van der Waals surface area contributed by atoms with Gasteiger partial charge in [0.25, 0.3) is 0 Å². The number of anilines is 1. The van der Waals surface area contributed by atoms with Gasteiger partial charge in [-0.1, -0.05) is 18.2 Å². The molecule has 0 amide bonds. The van der Waals surface area contributed by atoms with Crippen LogP contribution in [0.25, 0.3) is 0 Å². The summed E-state index contributed by atoms with van der Waals surface area (Å²) < 4.78 is 0. The fourth-order valence-corrected chi connectivity index (χ4v) is 1.31. The van der Waals surface area contributed by atoms with Crippen LogP contribution in [-0.2, 0) is 0 Å². The predicted octanol–water partition coefficient (Wildman–Crippen LogP) is 2.73. The molecule has 3 nitrogen and oxygen atoms in total. The van der Waals surface area contributed by atoms with Crippen LogP contribution in [0.2, 0.25) is 0 Å². The minimum absolute atomic E-state index is 0.234. The van der Waals surface area contributed by atoms with Crippen LogP contribution in [0.5, 0.6) is 5.75 Å². The smallest absolute Gasteiger partial charge is 0.115 e. The van der Waals surface area contributed by atoms with E-state index in [-0.39, 0.29) is 5.75 Å². The van der Waals surface area contributed by atoms with Gasteiger partial charge in [0.15, 0.2) is 0 Å². The van der Waals surface area contributed by atoms with Crippen molar-refractivity contribution in [1.82, 2.24) is 0 Å². The van der Waals surface area contributed by atoms with E-state index in [1.165, 1.54) is 0 Å². The monoisotopic (exact) mass is 212 g/mol. The lowest BCUT2D eigenvalue weighted by molar-refractivity contribution is 0.475. The summed E-state index contributed by atoms with van der Waals surface area (Å²) in [7, 11) is 0. The number of phenolic OH excluding ortho intramolecular Hbond substituents is 1. The van der Waals surface area contributed by atoms with Crippen LogP contribution in [0.1, 0.15) is 5.56 Å². The van der Waals surface area contributed by atoms with Gasteiger partial charge in [-0.2, -0.15) is 0 Å². The molecule has 2 rings (SSSR count). The molecule has 0 spiro atoms. The average Bonchev–Trinajstić information content (AvgIpc) is 2.30. The molecule has 2 aromatic rings. The molecule has 16 heavy (non-hydrogen) atoms. The van der Waals surface area contributed by atoms with E-state index in [0.29, 0.717) is 5.69 Å². The molecular weight excluding hydrogens is 200 g/mol. The quantitative estimate of drug-likeness (QED) is 0.594. The minimum atomic E-state index is 0.234. The van der Waals surface area contributed by atoms with Gasteiger partial charge in [0.2, 0.25) is 0 Å². The molecule has 80 valence electrons. The lowest BCUT2D eigenvalue weighted by atomic mass is 10.2. The highest BCUT2D eigenvalue weighted by atomic mass is 16.3. The highest BCUT2D eigenvalue weighted by molar-refractivity contribution is 5.88. The number of benzene rings is 2. The van der Waals surface area contributed by atoms with Crippen molar-refractivity contribution in [2.24, 2.45) is 4.99 Å². The Bertz CT molecular complexity index is 504. The Morgan fingerprint density at radius 2 is 1.69 bits per heavy atom. The number of hydrogen-bond acceptors (Lipinski definition) is 3. The number of nitrogens with two attached hydrogens (primary N) is 1. The van der Waals surface area contributed by atoms with Gasteiger partial charge >= 0.3 is 0 Å². The van der Waals surface area contributed by atoms with Gasteiger partial charge in [0.1, 0.15) is 5.75 Å². The Labute approximate surface area is 93.9 Å². The number of nitrogens with zero attached hydrogens (tertiary/aromatic N) is 1. The van der Waals surface area contributed by atoms with Gasteiger partial charge in [-0.25, -0.2) is 0 Å². The van der Waals surface area contributed by atoms with Gasteiger partial charge < -0.3 is 10.8 Å². The first-order chi connectivity index (χ1) is 7.75. The van der Waals surface area contributed by atoms with Crippen molar-refractivity contribution in [3.63, 3.8) is 0 Å². The van der Waals surface area contributed by atoms with E-state index in [9.17, 15) is 0 Å². The van der Waals surface area contributed by atoms with E-state index in [2.05, 4.69) is 4.99 Å². The molecule has 0 aliphatic carbocycles. The third kappa shape index (κ3) is 2.39. The van der Waals surface area contributed by atoms with Crippen LogP contribution in [0.3, 0.4) is 0 Å². The number of aliphatic imine (C=N–C) groups is 1. The van der Waals surface area contributed by atoms with E-state index in [0.717, 1.165) is 11.3 Å². The molecule has 0 radical (unpaired) electrons. The lowest BCUT2D eigenvalue weighted by Gasteiger charge is -1.98. The first kappa shape index (κ1) is 10.2. The molecule has 0 fully saturated rings. The maximum Gasteiger partial charge on any atom is 0.115 e. The van der Waals surface area contributed by atoms with Gasteiger partial charge in [-0.05, 0) is 30.3 Å². The lowest BCUT2D eigenvalue weighted by Crippen LogP contribution is -1.91. The molecule has 0 atom stereocenters. The summed E-state index contributed by atoms with van der Waals surface area (Å²) in [6.45, 7) is 0. The first-order valence-corrected chi connectivity index (χ1v) is 4.93. The summed E-state index contributed by atoms with van der Waals surface area (Å²) in [5, 5.41) is 9.11. The van der Waals surface area contributed by atoms with Crippen LogP contribution >= 0.6 is 0 Å². The van der Waals surface area contributed by atoms with Crippen molar-refractivity contribution in [3.05, 3.63) is 54.1 Å². The normalized spacial score (nSPS) is 10.8. The summed E-state index contributed by atoms with van der Waals surface area (Å²) in [6.07, 6.45) is 1.71. The van der Waals surface area contributed by atoms with Crippen molar-refractivity contribution >= 4 is 17.6 Å². The Morgan fingerprint density at radius 1 is 1.00 bits per heavy atom. The molecule has 0 saturated heterocycles. The van der Waals surface area contributed by atoms with Crippen molar-refractivity contribution in [1.29, 1.82) is 0 Å². The fraction of sp³-hybridized carbons (Fsp3) is 0. The van der Waals surface area contributed by atoms with E-state index < -0.39 is 0 Å². The largest absolute Gasteiger partial charge is 0.508 e. The van der Waals surface area contributed by atoms with Crippen LogP contribution in [0.15, 0.2) is 53.5 Å². The second kappa shape index (κ2) is 4.49. The van der Waals surface area contributed by atoms with Crippen LogP contribution < -0.4 is 5.73 Å². The van der Waals surface area contributed by atoms with Gasteiger partial charge in [0.05, 0.1) is 5.69 Å². The molecule has 3 N–H and O–H groups in total. The number of nitrogen functional groups attached to an aromatic ring is 1. The molecule has 0 aliphatic heterocycles. The summed E-state index contributed by atoms with van der Waals surface area (Å²) in [5.41, 5.74) is 8.14. The number of phenols is 1. The number of aromatic hydroxyl groups is 1.